The number of benzene rings is 1. The van der Waals surface area contributed by atoms with Gasteiger partial charge in [-0.25, -0.2) is 0 Å². The summed E-state index contributed by atoms with van der Waals surface area (Å²) < 4.78 is 2.38. The second-order valence-corrected chi connectivity index (χ2v) is 6.42. The predicted octanol–water partition coefficient (Wildman–Crippen LogP) is 2.49. The van der Waals surface area contributed by atoms with Crippen LogP contribution in [0.15, 0.2) is 30.5 Å². The zero-order valence-electron chi connectivity index (χ0n) is 12.8. The highest BCUT2D eigenvalue weighted by atomic mass is 15.1. The van der Waals surface area contributed by atoms with Gasteiger partial charge in [0.25, 0.3) is 0 Å². The van der Waals surface area contributed by atoms with Crippen molar-refractivity contribution < 1.29 is 0 Å². The Bertz CT molecular complexity index is 725. The fourth-order valence-corrected chi connectivity index (χ4v) is 4.13. The third-order valence-electron chi connectivity index (χ3n) is 5.18. The molecular weight excluding hydrogens is 258 g/mol. The van der Waals surface area contributed by atoms with E-state index < -0.39 is 0 Å². The number of hydrogen-bond donors (Lipinski definition) is 1. The van der Waals surface area contributed by atoms with Crippen LogP contribution in [0.2, 0.25) is 0 Å². The Morgan fingerprint density at radius 1 is 1.33 bits per heavy atom. The maximum absolute atomic E-state index is 5.93. The van der Waals surface area contributed by atoms with Crippen LogP contribution in [0.1, 0.15) is 18.1 Å². The Morgan fingerprint density at radius 2 is 2.19 bits per heavy atom. The monoisotopic (exact) mass is 281 g/mol. The minimum Gasteiger partial charge on any atom is -0.347 e. The van der Waals surface area contributed by atoms with Crippen molar-refractivity contribution in [1.82, 2.24) is 9.47 Å². The van der Waals surface area contributed by atoms with Crippen LogP contribution in [-0.4, -0.2) is 35.6 Å². The molecule has 1 aromatic carbocycles. The molecule has 0 saturated carbocycles. The van der Waals surface area contributed by atoms with Gasteiger partial charge in [0.1, 0.15) is 0 Å². The number of aryl methyl sites for hydroxylation is 1. The largest absolute Gasteiger partial charge is 0.347 e. The SMILES string of the molecule is CCn1cc2c3c(cccc31)C1=C[C@@H](CN)CN(C)[C@@H]1C2. The summed E-state index contributed by atoms with van der Waals surface area (Å²) >= 11 is 0. The molecule has 1 aromatic heterocycles. The lowest BCUT2D eigenvalue weighted by Crippen LogP contribution is -2.44. The van der Waals surface area contributed by atoms with Crippen LogP contribution in [0.4, 0.5) is 0 Å². The standard InChI is InChI=1S/C18H23N3/c1-3-21-11-13-8-17-15(7-12(9-19)10-20(17)2)14-5-4-6-16(21)18(13)14/h4-7,11-12,17H,3,8-10,19H2,1-2H3/t12-,17+/m0/s1. The number of fused-ring (bicyclic) bond motifs is 2. The van der Waals surface area contributed by atoms with Gasteiger partial charge >= 0.3 is 0 Å². The molecule has 0 spiro atoms. The summed E-state index contributed by atoms with van der Waals surface area (Å²) in [6, 6.07) is 7.25. The summed E-state index contributed by atoms with van der Waals surface area (Å²) in [6.45, 7) is 5.06. The first-order valence-electron chi connectivity index (χ1n) is 7.96. The lowest BCUT2D eigenvalue weighted by Gasteiger charge is -2.39. The summed E-state index contributed by atoms with van der Waals surface area (Å²) in [5, 5.41) is 1.47. The molecule has 0 saturated heterocycles. The van der Waals surface area contributed by atoms with E-state index in [0.29, 0.717) is 12.0 Å². The summed E-state index contributed by atoms with van der Waals surface area (Å²) in [5.41, 5.74) is 11.7. The van der Waals surface area contributed by atoms with Crippen molar-refractivity contribution in [2.24, 2.45) is 11.7 Å². The van der Waals surface area contributed by atoms with E-state index in [0.717, 1.165) is 26.1 Å². The maximum atomic E-state index is 5.93. The summed E-state index contributed by atoms with van der Waals surface area (Å²) in [5.74, 6) is 0.478. The first-order valence-corrected chi connectivity index (χ1v) is 7.96. The molecule has 2 atom stereocenters. The van der Waals surface area contributed by atoms with Gasteiger partial charge in [-0.2, -0.15) is 0 Å². The highest BCUT2D eigenvalue weighted by molar-refractivity contribution is 5.98. The third kappa shape index (κ3) is 1.81. The van der Waals surface area contributed by atoms with Gasteiger partial charge < -0.3 is 10.3 Å². The Balaban J connectivity index is 1.97. The molecule has 2 aliphatic rings. The summed E-state index contributed by atoms with van der Waals surface area (Å²) in [6.07, 6.45) is 5.92. The van der Waals surface area contributed by atoms with Crippen molar-refractivity contribution in [3.63, 3.8) is 0 Å². The first-order chi connectivity index (χ1) is 10.2. The van der Waals surface area contributed by atoms with E-state index in [1.165, 1.54) is 27.6 Å². The maximum Gasteiger partial charge on any atom is 0.0489 e. The van der Waals surface area contributed by atoms with Gasteiger partial charge in [-0.1, -0.05) is 18.2 Å². The van der Waals surface area contributed by atoms with Gasteiger partial charge in [0.15, 0.2) is 0 Å². The number of likely N-dealkylation sites (N-methyl/N-ethyl adjacent to an activating group) is 1. The Labute approximate surface area is 126 Å². The van der Waals surface area contributed by atoms with E-state index in [-0.39, 0.29) is 0 Å². The number of nitrogens with two attached hydrogens (primary N) is 1. The number of rotatable bonds is 2. The molecule has 0 bridgehead atoms. The Kier molecular flexibility index (Phi) is 2.95. The topological polar surface area (TPSA) is 34.2 Å². The molecule has 0 amide bonds. The molecule has 110 valence electrons. The molecule has 1 aliphatic heterocycles. The van der Waals surface area contributed by atoms with Gasteiger partial charge in [-0.15, -0.1) is 0 Å². The molecular formula is C18H23N3. The van der Waals surface area contributed by atoms with E-state index in [1.807, 2.05) is 0 Å². The molecule has 21 heavy (non-hydrogen) atoms. The van der Waals surface area contributed by atoms with E-state index in [1.54, 1.807) is 0 Å². The van der Waals surface area contributed by atoms with Crippen LogP contribution in [0.3, 0.4) is 0 Å². The first kappa shape index (κ1) is 13.1. The molecule has 0 fully saturated rings. The normalized spacial score (nSPS) is 25.0. The Morgan fingerprint density at radius 3 is 2.95 bits per heavy atom. The van der Waals surface area contributed by atoms with Crippen molar-refractivity contribution >= 4 is 16.5 Å². The number of aromatic nitrogens is 1. The van der Waals surface area contributed by atoms with Gasteiger partial charge in [-0.3, -0.25) is 4.90 Å². The quantitative estimate of drug-likeness (QED) is 0.917. The van der Waals surface area contributed by atoms with Crippen molar-refractivity contribution in [1.29, 1.82) is 0 Å². The molecule has 0 unspecified atom stereocenters. The highest BCUT2D eigenvalue weighted by Gasteiger charge is 2.33. The highest BCUT2D eigenvalue weighted by Crippen LogP contribution is 2.41. The molecule has 2 N–H and O–H groups in total. The zero-order valence-corrected chi connectivity index (χ0v) is 12.8. The molecule has 2 aromatic rings. The van der Waals surface area contributed by atoms with Gasteiger partial charge in [0.2, 0.25) is 0 Å². The molecule has 0 radical (unpaired) electrons. The van der Waals surface area contributed by atoms with E-state index >= 15 is 0 Å². The molecule has 3 nitrogen and oxygen atoms in total. The van der Waals surface area contributed by atoms with Gasteiger partial charge in [0.05, 0.1) is 0 Å². The third-order valence-corrected chi connectivity index (χ3v) is 5.18. The predicted molar refractivity (Wildman–Crippen MR) is 88.3 cm³/mol. The van der Waals surface area contributed by atoms with Crippen LogP contribution in [0.5, 0.6) is 0 Å². The van der Waals surface area contributed by atoms with Crippen molar-refractivity contribution in [3.05, 3.63) is 41.6 Å². The van der Waals surface area contributed by atoms with Gasteiger partial charge in [-0.05, 0) is 49.7 Å². The van der Waals surface area contributed by atoms with Crippen LogP contribution >= 0.6 is 0 Å². The van der Waals surface area contributed by atoms with Gasteiger partial charge in [0, 0.05) is 42.1 Å². The molecule has 1 aliphatic carbocycles. The van der Waals surface area contributed by atoms with E-state index in [2.05, 4.69) is 53.9 Å². The number of hydrogen-bond acceptors (Lipinski definition) is 2. The number of nitrogens with zero attached hydrogens (tertiary/aromatic N) is 2. The second kappa shape index (κ2) is 4.72. The zero-order chi connectivity index (χ0) is 14.6. The van der Waals surface area contributed by atoms with E-state index in [4.69, 9.17) is 5.73 Å². The fraction of sp³-hybridized carbons (Fsp3) is 0.444. The molecule has 2 heterocycles. The fourth-order valence-electron chi connectivity index (χ4n) is 4.13. The molecule has 3 heteroatoms. The van der Waals surface area contributed by atoms with Crippen LogP contribution in [-0.2, 0) is 13.0 Å². The second-order valence-electron chi connectivity index (χ2n) is 6.42. The van der Waals surface area contributed by atoms with E-state index in [9.17, 15) is 0 Å². The smallest absolute Gasteiger partial charge is 0.0489 e. The van der Waals surface area contributed by atoms with Crippen LogP contribution < -0.4 is 5.73 Å². The minimum absolute atomic E-state index is 0.478. The van der Waals surface area contributed by atoms with Crippen molar-refractivity contribution in [2.45, 2.75) is 25.9 Å². The minimum atomic E-state index is 0.478. The average Bonchev–Trinajstić information content (AvgIpc) is 2.87. The summed E-state index contributed by atoms with van der Waals surface area (Å²) in [7, 11) is 2.24. The van der Waals surface area contributed by atoms with Crippen molar-refractivity contribution in [3.8, 4) is 0 Å². The lowest BCUT2D eigenvalue weighted by molar-refractivity contribution is 0.247. The average molecular weight is 281 g/mol. The van der Waals surface area contributed by atoms with Crippen molar-refractivity contribution in [2.75, 3.05) is 20.1 Å². The lowest BCUT2D eigenvalue weighted by atomic mass is 9.80. The van der Waals surface area contributed by atoms with Crippen LogP contribution in [0, 0.1) is 5.92 Å². The summed E-state index contributed by atoms with van der Waals surface area (Å²) in [4.78, 5) is 2.48. The molecule has 4 rings (SSSR count). The van der Waals surface area contributed by atoms with Crippen LogP contribution in [0.25, 0.3) is 16.5 Å². The Hall–Kier alpha value is -1.58.